The smallest absolute Gasteiger partial charge is 0.180 e. The van der Waals surface area contributed by atoms with Crippen molar-refractivity contribution in [3.05, 3.63) is 34.7 Å². The largest absolute Gasteiger partial charge is 0.375 e. The van der Waals surface area contributed by atoms with Crippen molar-refractivity contribution in [1.29, 1.82) is 0 Å². The zero-order valence-corrected chi connectivity index (χ0v) is 9.34. The zero-order valence-electron chi connectivity index (χ0n) is 8.53. The number of hydrogen-bond acceptors (Lipinski definition) is 4. The van der Waals surface area contributed by atoms with Crippen LogP contribution in [0.5, 0.6) is 0 Å². The van der Waals surface area contributed by atoms with Crippen molar-refractivity contribution in [3.63, 3.8) is 0 Å². The molecule has 0 aliphatic heterocycles. The lowest BCUT2D eigenvalue weighted by molar-refractivity contribution is 1.07. The molecule has 4 heteroatoms. The van der Waals surface area contributed by atoms with E-state index in [-0.39, 0.29) is 0 Å². The summed E-state index contributed by atoms with van der Waals surface area (Å²) in [7, 11) is 0. The van der Waals surface area contributed by atoms with Gasteiger partial charge in [-0.1, -0.05) is 24.3 Å². The first-order chi connectivity index (χ1) is 7.20. The maximum absolute atomic E-state index is 5.66. The van der Waals surface area contributed by atoms with E-state index in [9.17, 15) is 0 Å². The van der Waals surface area contributed by atoms with Crippen molar-refractivity contribution in [2.24, 2.45) is 5.73 Å². The van der Waals surface area contributed by atoms with Crippen LogP contribution in [0.15, 0.2) is 24.3 Å². The fraction of sp³-hybridized carbons (Fsp3) is 0.182. The monoisotopic (exact) mass is 219 g/mol. The molecular weight excluding hydrogens is 206 g/mol. The summed E-state index contributed by atoms with van der Waals surface area (Å²) < 4.78 is 0. The lowest BCUT2D eigenvalue weighted by atomic mass is 10.1. The fourth-order valence-electron chi connectivity index (χ4n) is 1.48. The summed E-state index contributed by atoms with van der Waals surface area (Å²) in [5.74, 6) is 0. The van der Waals surface area contributed by atoms with Crippen LogP contribution in [0.2, 0.25) is 0 Å². The molecule has 0 aliphatic rings. The number of hydrogen-bond donors (Lipinski definition) is 2. The van der Waals surface area contributed by atoms with Crippen LogP contribution in [0.3, 0.4) is 0 Å². The molecule has 0 amide bonds. The Hall–Kier alpha value is -1.39. The quantitative estimate of drug-likeness (QED) is 0.813. The number of thiazole rings is 1. The van der Waals surface area contributed by atoms with Gasteiger partial charge in [0.05, 0.1) is 5.69 Å². The minimum atomic E-state index is 0.568. The molecule has 0 spiro atoms. The van der Waals surface area contributed by atoms with Crippen molar-refractivity contribution < 1.29 is 0 Å². The van der Waals surface area contributed by atoms with Crippen LogP contribution < -0.4 is 11.5 Å². The van der Waals surface area contributed by atoms with Crippen LogP contribution in [0.1, 0.15) is 10.4 Å². The molecule has 0 fully saturated rings. The van der Waals surface area contributed by atoms with Crippen LogP contribution in [-0.2, 0) is 6.54 Å². The van der Waals surface area contributed by atoms with Crippen molar-refractivity contribution in [2.45, 2.75) is 13.5 Å². The van der Waals surface area contributed by atoms with Gasteiger partial charge in [-0.05, 0) is 12.5 Å². The second-order valence-corrected chi connectivity index (χ2v) is 4.59. The summed E-state index contributed by atoms with van der Waals surface area (Å²) in [5, 5.41) is 0.616. The molecule has 15 heavy (non-hydrogen) atoms. The number of anilines is 1. The van der Waals surface area contributed by atoms with Crippen molar-refractivity contribution >= 4 is 16.5 Å². The van der Waals surface area contributed by atoms with E-state index in [1.807, 2.05) is 31.2 Å². The van der Waals surface area contributed by atoms with Crippen LogP contribution >= 0.6 is 11.3 Å². The van der Waals surface area contributed by atoms with Gasteiger partial charge in [-0.25, -0.2) is 4.98 Å². The predicted molar refractivity (Wildman–Crippen MR) is 64.6 cm³/mol. The van der Waals surface area contributed by atoms with E-state index in [1.54, 1.807) is 0 Å². The highest BCUT2D eigenvalue weighted by atomic mass is 32.1. The zero-order chi connectivity index (χ0) is 10.8. The Balaban J connectivity index is 2.41. The Kier molecular flexibility index (Phi) is 2.70. The standard InChI is InChI=1S/C11H13N3S/c1-7-10(14-11(13)15-7)9-4-2-8(6-12)3-5-9/h2-5H,6,12H2,1H3,(H2,13,14). The van der Waals surface area contributed by atoms with E-state index >= 15 is 0 Å². The van der Waals surface area contributed by atoms with Gasteiger partial charge in [0.1, 0.15) is 0 Å². The van der Waals surface area contributed by atoms with Gasteiger partial charge in [0, 0.05) is 17.0 Å². The molecule has 78 valence electrons. The summed E-state index contributed by atoms with van der Waals surface area (Å²) in [4.78, 5) is 5.45. The number of rotatable bonds is 2. The third kappa shape index (κ3) is 2.00. The molecule has 0 bridgehead atoms. The SMILES string of the molecule is Cc1sc(N)nc1-c1ccc(CN)cc1. The van der Waals surface area contributed by atoms with Gasteiger partial charge in [0.25, 0.3) is 0 Å². The Morgan fingerprint density at radius 2 is 1.93 bits per heavy atom. The molecular formula is C11H13N3S. The molecule has 0 radical (unpaired) electrons. The van der Waals surface area contributed by atoms with Crippen LogP contribution in [0.4, 0.5) is 5.13 Å². The summed E-state index contributed by atoms with van der Waals surface area (Å²) in [5.41, 5.74) is 14.4. The lowest BCUT2D eigenvalue weighted by Gasteiger charge is -2.00. The second-order valence-electron chi connectivity index (χ2n) is 3.36. The number of nitrogens with zero attached hydrogens (tertiary/aromatic N) is 1. The number of nitrogens with two attached hydrogens (primary N) is 2. The first-order valence-corrected chi connectivity index (χ1v) is 5.54. The fourth-order valence-corrected chi connectivity index (χ4v) is 2.19. The molecule has 2 rings (SSSR count). The summed E-state index contributed by atoms with van der Waals surface area (Å²) in [6.07, 6.45) is 0. The molecule has 0 unspecified atom stereocenters. The second kappa shape index (κ2) is 4.00. The van der Waals surface area contributed by atoms with E-state index in [1.165, 1.54) is 11.3 Å². The van der Waals surface area contributed by atoms with Crippen LogP contribution in [0, 0.1) is 6.92 Å². The Morgan fingerprint density at radius 3 is 2.40 bits per heavy atom. The Labute approximate surface area is 92.8 Å². The maximum Gasteiger partial charge on any atom is 0.180 e. The summed E-state index contributed by atoms with van der Waals surface area (Å²) in [6.45, 7) is 2.60. The van der Waals surface area contributed by atoms with Gasteiger partial charge in [-0.15, -0.1) is 11.3 Å². The van der Waals surface area contributed by atoms with E-state index in [0.717, 1.165) is 21.7 Å². The van der Waals surface area contributed by atoms with Gasteiger partial charge in [-0.3, -0.25) is 0 Å². The number of nitrogen functional groups attached to an aromatic ring is 1. The first-order valence-electron chi connectivity index (χ1n) is 4.73. The van der Waals surface area contributed by atoms with Crippen molar-refractivity contribution in [3.8, 4) is 11.3 Å². The van der Waals surface area contributed by atoms with E-state index in [2.05, 4.69) is 4.98 Å². The molecule has 0 aliphatic carbocycles. The average molecular weight is 219 g/mol. The normalized spacial score (nSPS) is 10.5. The molecule has 1 aromatic heterocycles. The van der Waals surface area contributed by atoms with Gasteiger partial charge < -0.3 is 11.5 Å². The number of benzene rings is 1. The molecule has 1 aromatic carbocycles. The molecule has 0 saturated carbocycles. The minimum absolute atomic E-state index is 0.568. The molecule has 3 nitrogen and oxygen atoms in total. The molecule has 2 aromatic rings. The number of aromatic nitrogens is 1. The Morgan fingerprint density at radius 1 is 1.27 bits per heavy atom. The number of aryl methyl sites for hydroxylation is 1. The van der Waals surface area contributed by atoms with Gasteiger partial charge in [0.15, 0.2) is 5.13 Å². The van der Waals surface area contributed by atoms with Gasteiger partial charge in [-0.2, -0.15) is 0 Å². The van der Waals surface area contributed by atoms with Crippen LogP contribution in [-0.4, -0.2) is 4.98 Å². The maximum atomic E-state index is 5.66. The predicted octanol–water partition coefficient (Wildman–Crippen LogP) is 2.16. The average Bonchev–Trinajstić information content (AvgIpc) is 2.58. The molecule has 0 saturated heterocycles. The van der Waals surface area contributed by atoms with E-state index in [0.29, 0.717) is 11.7 Å². The highest BCUT2D eigenvalue weighted by molar-refractivity contribution is 7.15. The first kappa shape index (κ1) is 10.1. The molecule has 1 heterocycles. The topological polar surface area (TPSA) is 64.9 Å². The van der Waals surface area contributed by atoms with Crippen LogP contribution in [0.25, 0.3) is 11.3 Å². The van der Waals surface area contributed by atoms with Crippen molar-refractivity contribution in [2.75, 3.05) is 5.73 Å². The van der Waals surface area contributed by atoms with E-state index in [4.69, 9.17) is 11.5 Å². The minimum Gasteiger partial charge on any atom is -0.375 e. The summed E-state index contributed by atoms with van der Waals surface area (Å²) in [6, 6.07) is 8.10. The third-order valence-corrected chi connectivity index (χ3v) is 3.08. The van der Waals surface area contributed by atoms with Gasteiger partial charge >= 0.3 is 0 Å². The highest BCUT2D eigenvalue weighted by Gasteiger charge is 2.07. The molecule has 0 atom stereocenters. The Bertz CT molecular complexity index is 459. The van der Waals surface area contributed by atoms with Crippen molar-refractivity contribution in [1.82, 2.24) is 4.98 Å². The lowest BCUT2D eigenvalue weighted by Crippen LogP contribution is -1.95. The van der Waals surface area contributed by atoms with E-state index < -0.39 is 0 Å². The summed E-state index contributed by atoms with van der Waals surface area (Å²) >= 11 is 1.52. The molecule has 4 N–H and O–H groups in total. The highest BCUT2D eigenvalue weighted by Crippen LogP contribution is 2.28. The third-order valence-electron chi connectivity index (χ3n) is 2.28. The van der Waals surface area contributed by atoms with Gasteiger partial charge in [0.2, 0.25) is 0 Å².